The molecule has 0 radical (unpaired) electrons. The van der Waals surface area contributed by atoms with Gasteiger partial charge in [-0.3, -0.25) is 0 Å². The van der Waals surface area contributed by atoms with E-state index in [-0.39, 0.29) is 11.5 Å². The molecule has 1 aliphatic rings. The number of carboxylic acid groups (broad SMARTS) is 1. The van der Waals surface area contributed by atoms with Gasteiger partial charge in [-0.05, 0) is 41.9 Å². The Morgan fingerprint density at radius 2 is 1.96 bits per heavy atom. The van der Waals surface area contributed by atoms with Crippen LogP contribution in [-0.4, -0.2) is 36.6 Å². The third-order valence-electron chi connectivity index (χ3n) is 5.21. The summed E-state index contributed by atoms with van der Waals surface area (Å²) in [6, 6.07) is 4.94. The minimum Gasteiger partial charge on any atom is -0.478 e. The van der Waals surface area contributed by atoms with Crippen LogP contribution in [0.25, 0.3) is 0 Å². The summed E-state index contributed by atoms with van der Waals surface area (Å²) in [7, 11) is -3.39. The molecule has 26 heavy (non-hydrogen) atoms. The lowest BCUT2D eigenvalue weighted by molar-refractivity contribution is 0.0693. The van der Waals surface area contributed by atoms with E-state index in [2.05, 4.69) is 20.8 Å². The van der Waals surface area contributed by atoms with Crippen molar-refractivity contribution in [1.82, 2.24) is 4.31 Å². The normalized spacial score (nSPS) is 19.3. The Hall–Kier alpha value is -1.40. The van der Waals surface area contributed by atoms with Crippen molar-refractivity contribution in [3.05, 3.63) is 34.9 Å². The highest BCUT2D eigenvalue weighted by Gasteiger charge is 2.39. The summed E-state index contributed by atoms with van der Waals surface area (Å²) in [6.07, 6.45) is 6.62. The first kappa shape index (κ1) is 20.9. The molecule has 1 unspecified atom stereocenters. The Balaban J connectivity index is 2.46. The van der Waals surface area contributed by atoms with Crippen molar-refractivity contribution in [3.8, 4) is 0 Å². The van der Waals surface area contributed by atoms with Crippen LogP contribution in [0.5, 0.6) is 0 Å². The van der Waals surface area contributed by atoms with Crippen LogP contribution in [-0.2, 0) is 16.4 Å². The molecule has 6 heteroatoms. The molecule has 0 amide bonds. The largest absolute Gasteiger partial charge is 0.478 e. The zero-order valence-corrected chi connectivity index (χ0v) is 17.1. The van der Waals surface area contributed by atoms with E-state index in [1.807, 2.05) is 6.07 Å². The maximum atomic E-state index is 12.5. The van der Waals surface area contributed by atoms with Crippen LogP contribution in [0.15, 0.2) is 18.2 Å². The fraction of sp³-hybridized carbons (Fsp3) is 0.650. The van der Waals surface area contributed by atoms with Gasteiger partial charge in [0.15, 0.2) is 0 Å². The second kappa shape index (κ2) is 8.09. The number of hydrogen-bond donors (Lipinski definition) is 1. The number of unbranched alkanes of at least 4 members (excludes halogenated alkanes) is 3. The zero-order valence-electron chi connectivity index (χ0n) is 16.3. The molecule has 1 aromatic carbocycles. The SMILES string of the molecule is CCCCCCN(C1CC(C)(C)Cc2c(C(=O)O)cccc21)S(C)(=O)=O. The van der Waals surface area contributed by atoms with Crippen LogP contribution in [0, 0.1) is 5.41 Å². The molecule has 5 nitrogen and oxygen atoms in total. The third-order valence-corrected chi connectivity index (χ3v) is 6.50. The zero-order chi connectivity index (χ0) is 19.5. The fourth-order valence-electron chi connectivity index (χ4n) is 4.00. The number of sulfonamides is 1. The number of nitrogens with zero attached hydrogens (tertiary/aromatic N) is 1. The number of fused-ring (bicyclic) bond motifs is 1. The molecule has 2 rings (SSSR count). The van der Waals surface area contributed by atoms with Gasteiger partial charge < -0.3 is 5.11 Å². The van der Waals surface area contributed by atoms with E-state index in [4.69, 9.17) is 0 Å². The summed E-state index contributed by atoms with van der Waals surface area (Å²) in [5.41, 5.74) is 1.77. The molecule has 0 aliphatic heterocycles. The average molecular weight is 382 g/mol. The summed E-state index contributed by atoms with van der Waals surface area (Å²) in [5, 5.41) is 9.56. The number of benzene rings is 1. The standard InChI is InChI=1S/C20H31NO4S/c1-5-6-7-8-12-21(26(4,24)25)18-14-20(2,3)13-17-15(18)10-9-11-16(17)19(22)23/h9-11,18H,5-8,12-14H2,1-4H3,(H,22,23). The minimum atomic E-state index is -3.39. The van der Waals surface area contributed by atoms with Gasteiger partial charge in [0, 0.05) is 6.54 Å². The van der Waals surface area contributed by atoms with Crippen LogP contribution in [0.1, 0.15) is 80.4 Å². The van der Waals surface area contributed by atoms with Gasteiger partial charge in [-0.25, -0.2) is 13.2 Å². The van der Waals surface area contributed by atoms with E-state index in [9.17, 15) is 18.3 Å². The van der Waals surface area contributed by atoms with Gasteiger partial charge in [0.2, 0.25) is 10.0 Å². The molecule has 146 valence electrons. The smallest absolute Gasteiger partial charge is 0.335 e. The van der Waals surface area contributed by atoms with Crippen LogP contribution >= 0.6 is 0 Å². The van der Waals surface area contributed by atoms with E-state index >= 15 is 0 Å². The maximum Gasteiger partial charge on any atom is 0.335 e. The van der Waals surface area contributed by atoms with Crippen molar-refractivity contribution < 1.29 is 18.3 Å². The number of rotatable bonds is 8. The van der Waals surface area contributed by atoms with Crippen molar-refractivity contribution in [2.75, 3.05) is 12.8 Å². The molecular formula is C20H31NO4S. The number of carboxylic acids is 1. The minimum absolute atomic E-state index is 0.157. The van der Waals surface area contributed by atoms with Crippen molar-refractivity contribution in [3.63, 3.8) is 0 Å². The molecule has 0 spiro atoms. The van der Waals surface area contributed by atoms with Crippen molar-refractivity contribution >= 4 is 16.0 Å². The van der Waals surface area contributed by atoms with Crippen molar-refractivity contribution in [2.45, 2.75) is 65.3 Å². The van der Waals surface area contributed by atoms with Crippen LogP contribution in [0.3, 0.4) is 0 Å². The van der Waals surface area contributed by atoms with E-state index in [1.165, 1.54) is 6.26 Å². The Morgan fingerprint density at radius 1 is 1.27 bits per heavy atom. The predicted octanol–water partition coefficient (Wildman–Crippen LogP) is 4.24. The van der Waals surface area contributed by atoms with Gasteiger partial charge in [-0.15, -0.1) is 0 Å². The summed E-state index contributed by atoms with van der Waals surface area (Å²) < 4.78 is 26.7. The van der Waals surface area contributed by atoms with Crippen molar-refractivity contribution in [2.24, 2.45) is 5.41 Å². The van der Waals surface area contributed by atoms with E-state index in [0.717, 1.165) is 36.8 Å². The Kier molecular flexibility index (Phi) is 6.51. The Labute approximate surface area is 157 Å². The van der Waals surface area contributed by atoms with Crippen molar-refractivity contribution in [1.29, 1.82) is 0 Å². The second-order valence-electron chi connectivity index (χ2n) is 8.17. The topological polar surface area (TPSA) is 74.7 Å². The third kappa shape index (κ3) is 4.86. The first-order valence-electron chi connectivity index (χ1n) is 9.39. The summed E-state index contributed by atoms with van der Waals surface area (Å²) in [4.78, 5) is 11.7. The highest BCUT2D eigenvalue weighted by atomic mass is 32.2. The maximum absolute atomic E-state index is 12.5. The highest BCUT2D eigenvalue weighted by molar-refractivity contribution is 7.88. The lowest BCUT2D eigenvalue weighted by Gasteiger charge is -2.42. The number of aromatic carboxylic acids is 1. The summed E-state index contributed by atoms with van der Waals surface area (Å²) >= 11 is 0. The molecule has 1 N–H and O–H groups in total. The second-order valence-corrected chi connectivity index (χ2v) is 10.1. The van der Waals surface area contributed by atoms with E-state index in [0.29, 0.717) is 24.9 Å². The van der Waals surface area contributed by atoms with Gasteiger partial charge in [-0.2, -0.15) is 4.31 Å². The lowest BCUT2D eigenvalue weighted by atomic mass is 9.70. The molecule has 1 aromatic rings. The van der Waals surface area contributed by atoms with Gasteiger partial charge in [0.25, 0.3) is 0 Å². The quantitative estimate of drug-likeness (QED) is 0.684. The monoisotopic (exact) mass is 381 g/mol. The Morgan fingerprint density at radius 3 is 2.54 bits per heavy atom. The van der Waals surface area contributed by atoms with E-state index in [1.54, 1.807) is 16.4 Å². The lowest BCUT2D eigenvalue weighted by Crippen LogP contribution is -2.41. The predicted molar refractivity (Wildman–Crippen MR) is 104 cm³/mol. The van der Waals surface area contributed by atoms with Gasteiger partial charge in [0.1, 0.15) is 0 Å². The molecule has 0 fully saturated rings. The van der Waals surface area contributed by atoms with Gasteiger partial charge in [0.05, 0.1) is 17.9 Å². The number of hydrogen-bond acceptors (Lipinski definition) is 3. The molecule has 0 bridgehead atoms. The average Bonchev–Trinajstić information content (AvgIpc) is 2.51. The first-order chi connectivity index (χ1) is 12.1. The molecule has 0 saturated carbocycles. The first-order valence-corrected chi connectivity index (χ1v) is 11.2. The molecule has 1 aliphatic carbocycles. The number of carbonyl (C=O) groups is 1. The van der Waals surface area contributed by atoms with Gasteiger partial charge in [-0.1, -0.05) is 52.2 Å². The fourth-order valence-corrected chi connectivity index (χ4v) is 5.11. The Bertz CT molecular complexity index is 755. The summed E-state index contributed by atoms with van der Waals surface area (Å²) in [6.45, 7) is 6.77. The molecular weight excluding hydrogens is 350 g/mol. The molecule has 0 heterocycles. The molecule has 0 aromatic heterocycles. The van der Waals surface area contributed by atoms with E-state index < -0.39 is 16.0 Å². The summed E-state index contributed by atoms with van der Waals surface area (Å²) in [5.74, 6) is -0.952. The molecule has 1 atom stereocenters. The van der Waals surface area contributed by atoms with Gasteiger partial charge >= 0.3 is 5.97 Å². The van der Waals surface area contributed by atoms with Crippen LogP contribution in [0.4, 0.5) is 0 Å². The van der Waals surface area contributed by atoms with Crippen LogP contribution < -0.4 is 0 Å². The highest BCUT2D eigenvalue weighted by Crippen LogP contribution is 2.45. The molecule has 0 saturated heterocycles. The van der Waals surface area contributed by atoms with Crippen LogP contribution in [0.2, 0.25) is 0 Å².